The summed E-state index contributed by atoms with van der Waals surface area (Å²) in [7, 11) is 0. The van der Waals surface area contributed by atoms with E-state index in [1.807, 2.05) is 27.7 Å². The lowest BCUT2D eigenvalue weighted by Gasteiger charge is -2.25. The molecule has 2 atom stereocenters. The van der Waals surface area contributed by atoms with Crippen molar-refractivity contribution in [2.24, 2.45) is 10.8 Å². The Hall–Kier alpha value is -1.96. The minimum atomic E-state index is 0.291. The molecule has 2 aromatic carbocycles. The van der Waals surface area contributed by atoms with Gasteiger partial charge in [0.15, 0.2) is 0 Å². The molecule has 0 amide bonds. The summed E-state index contributed by atoms with van der Waals surface area (Å²) in [5.74, 6) is 3.31. The average Bonchev–Trinajstić information content (AvgIpc) is 3.37. The van der Waals surface area contributed by atoms with E-state index < -0.39 is 0 Å². The van der Waals surface area contributed by atoms with Gasteiger partial charge in [-0.3, -0.25) is 0 Å². The molecule has 2 aromatic rings. The SMILES string of the molecule is CC.CC.Cc1cccc2c1OC[C@@H]2C(C)(C)C.Cc1cccc2c1OC[C@H]2C(C)(C)C. The Bertz CT molecular complexity index is 765. The van der Waals surface area contributed by atoms with Gasteiger partial charge in [0.2, 0.25) is 0 Å². The van der Waals surface area contributed by atoms with Crippen molar-refractivity contribution in [2.75, 3.05) is 13.2 Å². The number of hydrogen-bond donors (Lipinski definition) is 0. The van der Waals surface area contributed by atoms with Gasteiger partial charge in [-0.05, 0) is 35.8 Å². The van der Waals surface area contributed by atoms with Gasteiger partial charge in [0.25, 0.3) is 0 Å². The smallest absolute Gasteiger partial charge is 0.125 e. The molecule has 0 saturated carbocycles. The molecule has 2 heterocycles. The zero-order valence-electron chi connectivity index (χ0n) is 22.8. The topological polar surface area (TPSA) is 18.5 Å². The fraction of sp³-hybridized carbons (Fsp3) is 0.600. The predicted molar refractivity (Wildman–Crippen MR) is 140 cm³/mol. The highest BCUT2D eigenvalue weighted by Gasteiger charge is 2.35. The first kappa shape index (κ1) is 28.1. The quantitative estimate of drug-likeness (QED) is 0.406. The minimum Gasteiger partial charge on any atom is -0.492 e. The molecule has 0 bridgehead atoms. The van der Waals surface area contributed by atoms with E-state index in [0.29, 0.717) is 22.7 Å². The normalized spacial score (nSPS) is 18.2. The Morgan fingerprint density at radius 3 is 1.19 bits per heavy atom. The van der Waals surface area contributed by atoms with Crippen LogP contribution in [0.15, 0.2) is 36.4 Å². The van der Waals surface area contributed by atoms with Crippen molar-refractivity contribution in [1.29, 1.82) is 0 Å². The molecule has 0 saturated heterocycles. The summed E-state index contributed by atoms with van der Waals surface area (Å²) in [6.07, 6.45) is 0. The monoisotopic (exact) mass is 440 g/mol. The largest absolute Gasteiger partial charge is 0.492 e. The van der Waals surface area contributed by atoms with Gasteiger partial charge in [-0.2, -0.15) is 0 Å². The third kappa shape index (κ3) is 6.53. The fourth-order valence-electron chi connectivity index (χ4n) is 4.24. The van der Waals surface area contributed by atoms with E-state index in [1.165, 1.54) is 22.3 Å². The number of fused-ring (bicyclic) bond motifs is 2. The number of para-hydroxylation sites is 2. The summed E-state index contributed by atoms with van der Waals surface area (Å²) in [5, 5.41) is 0. The molecule has 0 radical (unpaired) electrons. The maximum Gasteiger partial charge on any atom is 0.125 e. The van der Waals surface area contributed by atoms with E-state index >= 15 is 0 Å². The molecule has 0 aliphatic carbocycles. The molecule has 0 fully saturated rings. The van der Waals surface area contributed by atoms with Gasteiger partial charge in [0.1, 0.15) is 11.5 Å². The van der Waals surface area contributed by atoms with Crippen molar-refractivity contribution in [3.8, 4) is 11.5 Å². The van der Waals surface area contributed by atoms with E-state index in [2.05, 4.69) is 91.8 Å². The number of rotatable bonds is 0. The maximum atomic E-state index is 5.77. The summed E-state index contributed by atoms with van der Waals surface area (Å²) in [5.41, 5.74) is 5.87. The van der Waals surface area contributed by atoms with Crippen LogP contribution in [0.2, 0.25) is 0 Å². The number of benzene rings is 2. The number of hydrogen-bond acceptors (Lipinski definition) is 2. The molecule has 0 N–H and O–H groups in total. The molecule has 32 heavy (non-hydrogen) atoms. The van der Waals surface area contributed by atoms with Crippen LogP contribution in [0.25, 0.3) is 0 Å². The molecule has 2 heteroatoms. The number of ether oxygens (including phenoxy) is 2. The Labute approximate surface area is 198 Å². The molecule has 4 rings (SSSR count). The van der Waals surface area contributed by atoms with E-state index in [1.54, 1.807) is 0 Å². The third-order valence-electron chi connectivity index (χ3n) is 6.11. The van der Waals surface area contributed by atoms with Crippen molar-refractivity contribution in [3.05, 3.63) is 58.7 Å². The lowest BCUT2D eigenvalue weighted by Crippen LogP contribution is -2.19. The minimum absolute atomic E-state index is 0.291. The average molecular weight is 441 g/mol. The van der Waals surface area contributed by atoms with Crippen LogP contribution >= 0.6 is 0 Å². The number of aryl methyl sites for hydroxylation is 2. The van der Waals surface area contributed by atoms with Crippen LogP contribution in [0.4, 0.5) is 0 Å². The van der Waals surface area contributed by atoms with Gasteiger partial charge in [-0.25, -0.2) is 0 Å². The summed E-state index contributed by atoms with van der Waals surface area (Å²) < 4.78 is 11.5. The molecule has 2 aliphatic rings. The van der Waals surface area contributed by atoms with Crippen LogP contribution in [0.1, 0.15) is 103 Å². The van der Waals surface area contributed by atoms with E-state index in [-0.39, 0.29) is 0 Å². The summed E-state index contributed by atoms with van der Waals surface area (Å²) in [4.78, 5) is 0. The lowest BCUT2D eigenvalue weighted by atomic mass is 9.77. The molecule has 0 spiro atoms. The summed E-state index contributed by atoms with van der Waals surface area (Å²) >= 11 is 0. The lowest BCUT2D eigenvalue weighted by molar-refractivity contribution is 0.242. The van der Waals surface area contributed by atoms with Gasteiger partial charge in [0.05, 0.1) is 13.2 Å². The van der Waals surface area contributed by atoms with Crippen LogP contribution < -0.4 is 9.47 Å². The third-order valence-corrected chi connectivity index (χ3v) is 6.11. The van der Waals surface area contributed by atoms with Gasteiger partial charge in [-0.15, -0.1) is 0 Å². The standard InChI is InChI=1S/2C13H18O.2C2H6/c2*1-9-6-5-7-10-11(13(2,3)4)8-14-12(9)10;2*1-2/h2*5-7,11H,8H2,1-4H3;2*1-2H3/t2*11-;;/m10../s1. The zero-order valence-corrected chi connectivity index (χ0v) is 22.8. The van der Waals surface area contributed by atoms with Crippen LogP contribution in [0, 0.1) is 24.7 Å². The highest BCUT2D eigenvalue weighted by Crippen LogP contribution is 2.46. The second-order valence-corrected chi connectivity index (χ2v) is 10.4. The van der Waals surface area contributed by atoms with E-state index in [4.69, 9.17) is 9.47 Å². The second-order valence-electron chi connectivity index (χ2n) is 10.4. The molecule has 2 aliphatic heterocycles. The van der Waals surface area contributed by atoms with Crippen LogP contribution in [0.3, 0.4) is 0 Å². The molecule has 0 aromatic heterocycles. The van der Waals surface area contributed by atoms with Gasteiger partial charge < -0.3 is 9.47 Å². The van der Waals surface area contributed by atoms with Gasteiger partial charge in [0, 0.05) is 23.0 Å². The van der Waals surface area contributed by atoms with Gasteiger partial charge in [-0.1, -0.05) is 106 Å². The summed E-state index contributed by atoms with van der Waals surface area (Å²) in [6, 6.07) is 12.9. The zero-order chi connectivity index (χ0) is 24.7. The van der Waals surface area contributed by atoms with Crippen LogP contribution in [-0.2, 0) is 0 Å². The first-order valence-corrected chi connectivity index (χ1v) is 12.4. The van der Waals surface area contributed by atoms with Crippen LogP contribution in [0.5, 0.6) is 11.5 Å². The first-order valence-electron chi connectivity index (χ1n) is 12.4. The highest BCUT2D eigenvalue weighted by atomic mass is 16.5. The summed E-state index contributed by atoms with van der Waals surface area (Å²) in [6.45, 7) is 27.6. The predicted octanol–water partition coefficient (Wildman–Crippen LogP) is 9.09. The second kappa shape index (κ2) is 11.8. The van der Waals surface area contributed by atoms with Gasteiger partial charge >= 0.3 is 0 Å². The molecule has 2 nitrogen and oxygen atoms in total. The van der Waals surface area contributed by atoms with Crippen molar-refractivity contribution in [1.82, 2.24) is 0 Å². The van der Waals surface area contributed by atoms with Crippen molar-refractivity contribution < 1.29 is 9.47 Å². The molecule has 0 unspecified atom stereocenters. The van der Waals surface area contributed by atoms with Crippen molar-refractivity contribution in [3.63, 3.8) is 0 Å². The molecular formula is C30H48O2. The highest BCUT2D eigenvalue weighted by molar-refractivity contribution is 5.47. The van der Waals surface area contributed by atoms with Crippen molar-refractivity contribution >= 4 is 0 Å². The molecule has 180 valence electrons. The fourth-order valence-corrected chi connectivity index (χ4v) is 4.24. The van der Waals surface area contributed by atoms with E-state index in [9.17, 15) is 0 Å². The Morgan fingerprint density at radius 1 is 0.594 bits per heavy atom. The van der Waals surface area contributed by atoms with Crippen LogP contribution in [-0.4, -0.2) is 13.2 Å². The molecular weight excluding hydrogens is 392 g/mol. The van der Waals surface area contributed by atoms with Crippen molar-refractivity contribution in [2.45, 2.75) is 94.9 Å². The Morgan fingerprint density at radius 2 is 0.906 bits per heavy atom. The Kier molecular flexibility index (Phi) is 10.3. The Balaban J connectivity index is 0.000000277. The maximum absolute atomic E-state index is 5.77. The van der Waals surface area contributed by atoms with E-state index in [0.717, 1.165) is 24.7 Å². The first-order chi connectivity index (χ1) is 15.0.